The van der Waals surface area contributed by atoms with E-state index in [1.165, 1.54) is 11.8 Å². The Bertz CT molecular complexity index is 586. The zero-order chi connectivity index (χ0) is 13.0. The standard InChI is InChI=1S/C12H12N4OS/c1-8-4-2-3-5-10(8)18-12-14-7-6-9(15-12)11(13)16-17/h2-7,17H,1H3,(H2,13,16). The Balaban J connectivity index is 2.28. The van der Waals surface area contributed by atoms with E-state index in [0.717, 1.165) is 10.5 Å². The molecule has 92 valence electrons. The maximum atomic E-state index is 8.61. The monoisotopic (exact) mass is 260 g/mol. The molecule has 1 aromatic carbocycles. The molecule has 0 amide bonds. The molecule has 0 aliphatic rings. The summed E-state index contributed by atoms with van der Waals surface area (Å²) in [6.45, 7) is 2.02. The van der Waals surface area contributed by atoms with Crippen molar-refractivity contribution in [2.45, 2.75) is 17.0 Å². The Kier molecular flexibility index (Phi) is 3.78. The van der Waals surface area contributed by atoms with E-state index >= 15 is 0 Å². The second-order valence-corrected chi connectivity index (χ2v) is 4.59. The number of benzene rings is 1. The molecule has 0 aliphatic carbocycles. The third-order valence-electron chi connectivity index (χ3n) is 2.30. The van der Waals surface area contributed by atoms with Gasteiger partial charge in [0.25, 0.3) is 0 Å². The first-order valence-electron chi connectivity index (χ1n) is 5.25. The van der Waals surface area contributed by atoms with Crippen LogP contribution in [-0.2, 0) is 0 Å². The average Bonchev–Trinajstić information content (AvgIpc) is 2.41. The molecule has 0 saturated heterocycles. The van der Waals surface area contributed by atoms with E-state index < -0.39 is 0 Å². The molecule has 18 heavy (non-hydrogen) atoms. The Morgan fingerprint density at radius 3 is 2.83 bits per heavy atom. The Hall–Kier alpha value is -2.08. The van der Waals surface area contributed by atoms with Gasteiger partial charge in [-0.2, -0.15) is 0 Å². The van der Waals surface area contributed by atoms with E-state index in [4.69, 9.17) is 10.9 Å². The topological polar surface area (TPSA) is 84.4 Å². The number of amidine groups is 1. The van der Waals surface area contributed by atoms with Crippen LogP contribution in [-0.4, -0.2) is 21.0 Å². The largest absolute Gasteiger partial charge is 0.409 e. The van der Waals surface area contributed by atoms with Crippen LogP contribution < -0.4 is 5.73 Å². The molecule has 2 rings (SSSR count). The van der Waals surface area contributed by atoms with E-state index in [-0.39, 0.29) is 5.84 Å². The molecular weight excluding hydrogens is 248 g/mol. The van der Waals surface area contributed by atoms with Crippen molar-refractivity contribution in [3.05, 3.63) is 47.8 Å². The van der Waals surface area contributed by atoms with Crippen LogP contribution in [0.2, 0.25) is 0 Å². The van der Waals surface area contributed by atoms with Gasteiger partial charge in [-0.05, 0) is 36.4 Å². The molecular formula is C12H12N4OS. The molecule has 0 atom stereocenters. The van der Waals surface area contributed by atoms with Crippen molar-refractivity contribution in [3.63, 3.8) is 0 Å². The van der Waals surface area contributed by atoms with Crippen LogP contribution in [0.5, 0.6) is 0 Å². The quantitative estimate of drug-likeness (QED) is 0.290. The van der Waals surface area contributed by atoms with Gasteiger partial charge in [-0.15, -0.1) is 0 Å². The normalized spacial score (nSPS) is 11.5. The summed E-state index contributed by atoms with van der Waals surface area (Å²) in [6.07, 6.45) is 1.58. The molecule has 0 bridgehead atoms. The average molecular weight is 260 g/mol. The smallest absolute Gasteiger partial charge is 0.193 e. The van der Waals surface area contributed by atoms with Crippen molar-refractivity contribution in [1.29, 1.82) is 0 Å². The van der Waals surface area contributed by atoms with E-state index in [0.29, 0.717) is 10.9 Å². The second kappa shape index (κ2) is 5.50. The van der Waals surface area contributed by atoms with Gasteiger partial charge in [-0.1, -0.05) is 23.4 Å². The summed E-state index contributed by atoms with van der Waals surface area (Å²) in [5.41, 5.74) is 7.05. The maximum absolute atomic E-state index is 8.61. The number of aryl methyl sites for hydroxylation is 1. The number of nitrogens with two attached hydrogens (primary N) is 1. The van der Waals surface area contributed by atoms with E-state index in [2.05, 4.69) is 15.1 Å². The summed E-state index contributed by atoms with van der Waals surface area (Å²) in [6, 6.07) is 9.56. The predicted octanol–water partition coefficient (Wildman–Crippen LogP) is 2.03. The Morgan fingerprint density at radius 2 is 2.11 bits per heavy atom. The summed E-state index contributed by atoms with van der Waals surface area (Å²) in [7, 11) is 0. The lowest BCUT2D eigenvalue weighted by Gasteiger charge is -2.04. The molecule has 6 heteroatoms. The van der Waals surface area contributed by atoms with Crippen molar-refractivity contribution in [3.8, 4) is 0 Å². The fraction of sp³-hybridized carbons (Fsp3) is 0.0833. The van der Waals surface area contributed by atoms with Crippen molar-refractivity contribution in [2.75, 3.05) is 0 Å². The number of hydrogen-bond acceptors (Lipinski definition) is 5. The summed E-state index contributed by atoms with van der Waals surface area (Å²) in [5.74, 6) is -0.0240. The Labute approximate surface area is 109 Å². The lowest BCUT2D eigenvalue weighted by molar-refractivity contribution is 0.318. The fourth-order valence-corrected chi connectivity index (χ4v) is 2.18. The first-order valence-corrected chi connectivity index (χ1v) is 6.07. The first kappa shape index (κ1) is 12.4. The third-order valence-corrected chi connectivity index (χ3v) is 3.36. The summed E-state index contributed by atoms with van der Waals surface area (Å²) in [4.78, 5) is 9.45. The minimum absolute atomic E-state index is 0.0240. The zero-order valence-electron chi connectivity index (χ0n) is 9.74. The molecule has 0 saturated carbocycles. The molecule has 5 nitrogen and oxygen atoms in total. The van der Waals surface area contributed by atoms with Gasteiger partial charge in [0.05, 0.1) is 0 Å². The van der Waals surface area contributed by atoms with E-state index in [1.54, 1.807) is 12.3 Å². The van der Waals surface area contributed by atoms with Crippen LogP contribution in [0.25, 0.3) is 0 Å². The molecule has 0 unspecified atom stereocenters. The Morgan fingerprint density at radius 1 is 1.33 bits per heavy atom. The van der Waals surface area contributed by atoms with Crippen molar-refractivity contribution < 1.29 is 5.21 Å². The summed E-state index contributed by atoms with van der Waals surface area (Å²) < 4.78 is 0. The van der Waals surface area contributed by atoms with Gasteiger partial charge in [0.1, 0.15) is 5.69 Å². The van der Waals surface area contributed by atoms with Crippen LogP contribution >= 0.6 is 11.8 Å². The molecule has 0 aliphatic heterocycles. The number of oxime groups is 1. The second-order valence-electron chi connectivity index (χ2n) is 3.58. The molecule has 1 aromatic heterocycles. The molecule has 3 N–H and O–H groups in total. The van der Waals surface area contributed by atoms with Crippen molar-refractivity contribution in [1.82, 2.24) is 9.97 Å². The fourth-order valence-electron chi connectivity index (χ4n) is 1.35. The number of aromatic nitrogens is 2. The summed E-state index contributed by atoms with van der Waals surface area (Å²) >= 11 is 1.44. The van der Waals surface area contributed by atoms with Crippen molar-refractivity contribution in [2.24, 2.45) is 10.9 Å². The van der Waals surface area contributed by atoms with Gasteiger partial charge in [0, 0.05) is 11.1 Å². The highest BCUT2D eigenvalue weighted by Gasteiger charge is 2.06. The highest BCUT2D eigenvalue weighted by Crippen LogP contribution is 2.27. The van der Waals surface area contributed by atoms with Gasteiger partial charge >= 0.3 is 0 Å². The highest BCUT2D eigenvalue weighted by molar-refractivity contribution is 7.99. The number of nitrogens with zero attached hydrogens (tertiary/aromatic N) is 3. The molecule has 0 fully saturated rings. The van der Waals surface area contributed by atoms with Crippen LogP contribution in [0.4, 0.5) is 0 Å². The number of hydrogen-bond donors (Lipinski definition) is 2. The van der Waals surface area contributed by atoms with E-state index in [1.807, 2.05) is 31.2 Å². The maximum Gasteiger partial charge on any atom is 0.193 e. The van der Waals surface area contributed by atoms with Gasteiger partial charge < -0.3 is 10.9 Å². The predicted molar refractivity (Wildman–Crippen MR) is 69.8 cm³/mol. The van der Waals surface area contributed by atoms with Crippen LogP contribution in [0.1, 0.15) is 11.3 Å². The lowest BCUT2D eigenvalue weighted by Crippen LogP contribution is -2.15. The summed E-state index contributed by atoms with van der Waals surface area (Å²) in [5, 5.41) is 12.1. The highest BCUT2D eigenvalue weighted by atomic mass is 32.2. The van der Waals surface area contributed by atoms with Gasteiger partial charge in [-0.25, -0.2) is 9.97 Å². The van der Waals surface area contributed by atoms with Crippen LogP contribution in [0.3, 0.4) is 0 Å². The molecule has 0 spiro atoms. The minimum atomic E-state index is -0.0240. The third kappa shape index (κ3) is 2.78. The SMILES string of the molecule is Cc1ccccc1Sc1nccc(/C(N)=N/O)n1. The first-order chi connectivity index (χ1) is 8.70. The van der Waals surface area contributed by atoms with Crippen LogP contribution in [0.15, 0.2) is 51.7 Å². The van der Waals surface area contributed by atoms with Gasteiger partial charge in [0.2, 0.25) is 0 Å². The van der Waals surface area contributed by atoms with Crippen LogP contribution in [0, 0.1) is 6.92 Å². The molecule has 2 aromatic rings. The minimum Gasteiger partial charge on any atom is -0.409 e. The van der Waals surface area contributed by atoms with Gasteiger partial charge in [-0.3, -0.25) is 0 Å². The zero-order valence-corrected chi connectivity index (χ0v) is 10.6. The van der Waals surface area contributed by atoms with E-state index in [9.17, 15) is 0 Å². The molecule has 1 heterocycles. The lowest BCUT2D eigenvalue weighted by atomic mass is 10.2. The number of rotatable bonds is 3. The van der Waals surface area contributed by atoms with Crippen molar-refractivity contribution >= 4 is 17.6 Å². The van der Waals surface area contributed by atoms with Gasteiger partial charge in [0.15, 0.2) is 11.0 Å². The molecule has 0 radical (unpaired) electrons.